The minimum atomic E-state index is 0.0343. The summed E-state index contributed by atoms with van der Waals surface area (Å²) in [5.41, 5.74) is 14.1. The summed E-state index contributed by atoms with van der Waals surface area (Å²) >= 11 is 8.25. The number of nitrogens with zero attached hydrogens (tertiary/aromatic N) is 1. The summed E-state index contributed by atoms with van der Waals surface area (Å²) in [7, 11) is 0. The summed E-state index contributed by atoms with van der Waals surface area (Å²) < 4.78 is 12.2. The second-order valence-corrected chi connectivity index (χ2v) is 8.37. The van der Waals surface area contributed by atoms with Crippen molar-refractivity contribution >= 4 is 40.7 Å². The van der Waals surface area contributed by atoms with Crippen LogP contribution in [0.2, 0.25) is 5.02 Å². The van der Waals surface area contributed by atoms with Gasteiger partial charge in [0.2, 0.25) is 0 Å². The number of aliphatic imine (C=N–C) groups is 1. The van der Waals surface area contributed by atoms with E-state index in [9.17, 15) is 0 Å². The van der Waals surface area contributed by atoms with Crippen molar-refractivity contribution < 1.29 is 9.47 Å². The van der Waals surface area contributed by atoms with Gasteiger partial charge in [0.05, 0.1) is 29.2 Å². The van der Waals surface area contributed by atoms with Gasteiger partial charge in [-0.15, -0.1) is 0 Å². The van der Waals surface area contributed by atoms with E-state index in [1.807, 2.05) is 24.3 Å². The number of nitrogens with two attached hydrogens (primary N) is 2. The molecule has 0 atom stereocenters. The van der Waals surface area contributed by atoms with Gasteiger partial charge in [-0.2, -0.15) is 0 Å². The van der Waals surface area contributed by atoms with Gasteiger partial charge in [0, 0.05) is 10.6 Å². The number of nitrogens with one attached hydrogen (secondary N) is 1. The van der Waals surface area contributed by atoms with Crippen LogP contribution in [0.25, 0.3) is 0 Å². The van der Waals surface area contributed by atoms with Crippen molar-refractivity contribution in [3.05, 3.63) is 40.4 Å². The molecular weight excluding hydrogens is 420 g/mol. The molecule has 0 aromatic heterocycles. The number of benzene rings is 2. The highest BCUT2D eigenvalue weighted by Gasteiger charge is 2.33. The van der Waals surface area contributed by atoms with Gasteiger partial charge in [-0.3, -0.25) is 5.41 Å². The van der Waals surface area contributed by atoms with Crippen LogP contribution in [0.4, 0.5) is 5.69 Å². The molecule has 1 aliphatic rings. The summed E-state index contributed by atoms with van der Waals surface area (Å²) in [4.78, 5) is 5.69. The van der Waals surface area contributed by atoms with E-state index in [0.29, 0.717) is 51.4 Å². The quantitative estimate of drug-likeness (QED) is 0.331. The zero-order chi connectivity index (χ0) is 21.7. The predicted octanol–water partition coefficient (Wildman–Crippen LogP) is 5.48. The lowest BCUT2D eigenvalue weighted by molar-refractivity contribution is 0.294. The number of rotatable bonds is 10. The van der Waals surface area contributed by atoms with E-state index in [1.165, 1.54) is 11.8 Å². The number of nitrogen functional groups attached to an aromatic ring is 1. The number of hydrogen-bond acceptors (Lipinski definition) is 6. The first-order valence-electron chi connectivity index (χ1n) is 10.1. The Kier molecular flexibility index (Phi) is 7.50. The summed E-state index contributed by atoms with van der Waals surface area (Å²) in [5.74, 6) is 1.23. The van der Waals surface area contributed by atoms with Gasteiger partial charge in [-0.25, -0.2) is 4.99 Å². The van der Waals surface area contributed by atoms with Crippen molar-refractivity contribution in [2.24, 2.45) is 10.7 Å². The molecule has 0 saturated carbocycles. The lowest BCUT2D eigenvalue weighted by Gasteiger charge is -2.21. The second-order valence-electron chi connectivity index (χ2n) is 6.94. The topological polar surface area (TPSA) is 107 Å². The minimum absolute atomic E-state index is 0.0343. The van der Waals surface area contributed by atoms with E-state index in [-0.39, 0.29) is 11.7 Å². The number of hydrogen-bond donors (Lipinski definition) is 3. The number of anilines is 1. The van der Waals surface area contributed by atoms with E-state index < -0.39 is 0 Å². The third-order valence-electron chi connectivity index (χ3n) is 4.65. The van der Waals surface area contributed by atoms with Crippen LogP contribution < -0.4 is 20.9 Å². The van der Waals surface area contributed by atoms with E-state index in [2.05, 4.69) is 18.8 Å². The minimum Gasteiger partial charge on any atom is -0.492 e. The normalized spacial score (nSPS) is 12.6. The van der Waals surface area contributed by atoms with Gasteiger partial charge in [-0.05, 0) is 25.0 Å². The van der Waals surface area contributed by atoms with Crippen LogP contribution in [0, 0.1) is 5.41 Å². The maximum absolute atomic E-state index is 8.33. The molecule has 6 nitrogen and oxygen atoms in total. The lowest BCUT2D eigenvalue weighted by atomic mass is 10.1. The first-order valence-corrected chi connectivity index (χ1v) is 11.3. The standard InChI is InChI=1S/C22H27ClN4O2S/c1-3-5-11-28-18-15-16(22(26)27-21(15)25)19(29-12-6-4-2)20(17(18)23)30-14-10-8-7-9-13(14)24/h7-10H,3-6,11-12,24H2,1-2H3,(H3,25,26,27). The number of amidine groups is 2. The van der Waals surface area contributed by atoms with E-state index in [4.69, 9.17) is 38.0 Å². The average Bonchev–Trinajstić information content (AvgIpc) is 3.02. The van der Waals surface area contributed by atoms with Crippen LogP contribution >= 0.6 is 23.4 Å². The molecular formula is C22H27ClN4O2S. The molecule has 2 aromatic carbocycles. The summed E-state index contributed by atoms with van der Waals surface area (Å²) in [6.07, 6.45) is 3.72. The average molecular weight is 447 g/mol. The van der Waals surface area contributed by atoms with Gasteiger partial charge in [0.1, 0.15) is 16.6 Å². The molecule has 0 radical (unpaired) electrons. The van der Waals surface area contributed by atoms with Gasteiger partial charge in [0.25, 0.3) is 0 Å². The Morgan fingerprint density at radius 3 is 2.27 bits per heavy atom. The molecule has 0 unspecified atom stereocenters. The number of unbranched alkanes of at least 4 members (excludes halogenated alkanes) is 2. The van der Waals surface area contributed by atoms with Crippen molar-refractivity contribution in [3.8, 4) is 11.5 Å². The fraction of sp³-hybridized carbons (Fsp3) is 0.364. The third kappa shape index (κ3) is 4.52. The van der Waals surface area contributed by atoms with Crippen molar-refractivity contribution in [2.75, 3.05) is 18.9 Å². The van der Waals surface area contributed by atoms with E-state index >= 15 is 0 Å². The Balaban J connectivity index is 2.17. The molecule has 160 valence electrons. The molecule has 0 aliphatic carbocycles. The number of para-hydroxylation sites is 1. The molecule has 0 amide bonds. The van der Waals surface area contributed by atoms with Crippen molar-refractivity contribution in [2.45, 2.75) is 49.3 Å². The second kappa shape index (κ2) is 10.1. The summed E-state index contributed by atoms with van der Waals surface area (Å²) in [5, 5.41) is 8.71. The highest BCUT2D eigenvalue weighted by molar-refractivity contribution is 7.99. The monoisotopic (exact) mass is 446 g/mol. The Bertz CT molecular complexity index is 978. The van der Waals surface area contributed by atoms with Gasteiger partial charge in [-0.1, -0.05) is 62.2 Å². The van der Waals surface area contributed by atoms with Crippen LogP contribution in [-0.4, -0.2) is 24.9 Å². The maximum atomic E-state index is 8.33. The molecule has 5 N–H and O–H groups in total. The van der Waals surface area contributed by atoms with Crippen LogP contribution in [0.15, 0.2) is 39.0 Å². The summed E-state index contributed by atoms with van der Waals surface area (Å²) in [6, 6.07) is 7.57. The molecule has 3 rings (SSSR count). The van der Waals surface area contributed by atoms with Crippen molar-refractivity contribution in [1.29, 1.82) is 5.41 Å². The smallest absolute Gasteiger partial charge is 0.158 e. The van der Waals surface area contributed by atoms with Crippen molar-refractivity contribution in [3.63, 3.8) is 0 Å². The van der Waals surface area contributed by atoms with Crippen LogP contribution in [-0.2, 0) is 0 Å². The molecule has 0 saturated heterocycles. The maximum Gasteiger partial charge on any atom is 0.158 e. The molecule has 2 aromatic rings. The number of fused-ring (bicyclic) bond motifs is 1. The SMILES string of the molecule is CCCCOc1c(Cl)c(Sc2ccccc2N)c(OCCCC)c2c1C(=N)N=C2N. The van der Waals surface area contributed by atoms with Crippen LogP contribution in [0.5, 0.6) is 11.5 Å². The highest BCUT2D eigenvalue weighted by atomic mass is 35.5. The molecule has 0 bridgehead atoms. The zero-order valence-electron chi connectivity index (χ0n) is 17.3. The van der Waals surface area contributed by atoms with Gasteiger partial charge in [0.15, 0.2) is 11.6 Å². The van der Waals surface area contributed by atoms with E-state index in [1.54, 1.807) is 0 Å². The lowest BCUT2D eigenvalue weighted by Crippen LogP contribution is -2.15. The highest BCUT2D eigenvalue weighted by Crippen LogP contribution is 2.51. The Morgan fingerprint density at radius 1 is 1.00 bits per heavy atom. The molecule has 1 heterocycles. The fourth-order valence-electron chi connectivity index (χ4n) is 3.04. The first-order chi connectivity index (χ1) is 14.5. The Hall–Kier alpha value is -2.38. The largest absolute Gasteiger partial charge is 0.492 e. The van der Waals surface area contributed by atoms with E-state index in [0.717, 1.165) is 30.6 Å². The molecule has 0 fully saturated rings. The van der Waals surface area contributed by atoms with Gasteiger partial charge >= 0.3 is 0 Å². The Labute approximate surface area is 186 Å². The summed E-state index contributed by atoms with van der Waals surface area (Å²) in [6.45, 7) is 5.18. The van der Waals surface area contributed by atoms with Crippen molar-refractivity contribution in [1.82, 2.24) is 0 Å². The molecule has 1 aliphatic heterocycles. The molecule has 30 heavy (non-hydrogen) atoms. The van der Waals surface area contributed by atoms with Crippen LogP contribution in [0.1, 0.15) is 50.7 Å². The predicted molar refractivity (Wildman–Crippen MR) is 125 cm³/mol. The molecule has 0 spiro atoms. The third-order valence-corrected chi connectivity index (χ3v) is 6.31. The first kappa shape index (κ1) is 22.3. The fourth-order valence-corrected chi connectivity index (χ4v) is 4.38. The molecule has 8 heteroatoms. The Morgan fingerprint density at radius 2 is 1.63 bits per heavy atom. The number of ether oxygens (including phenoxy) is 2. The van der Waals surface area contributed by atoms with Crippen LogP contribution in [0.3, 0.4) is 0 Å². The van der Waals surface area contributed by atoms with Gasteiger partial charge < -0.3 is 20.9 Å². The number of halogens is 1. The zero-order valence-corrected chi connectivity index (χ0v) is 18.8.